The first-order chi connectivity index (χ1) is 13.0. The van der Waals surface area contributed by atoms with Crippen LogP contribution in [-0.4, -0.2) is 28.5 Å². The molecule has 4 heteroatoms. The molecule has 1 aliphatic rings. The molecule has 1 aliphatic heterocycles. The largest absolute Gasteiger partial charge is 0.339 e. The van der Waals surface area contributed by atoms with E-state index in [1.165, 1.54) is 5.56 Å². The molecule has 0 radical (unpaired) electrons. The van der Waals surface area contributed by atoms with Gasteiger partial charge in [0.15, 0.2) is 0 Å². The number of aromatic nitrogens is 1. The minimum Gasteiger partial charge on any atom is -0.339 e. The number of carbonyl (C=O) groups excluding carboxylic acids is 1. The van der Waals surface area contributed by atoms with Crippen molar-refractivity contribution < 1.29 is 4.79 Å². The Labute approximate surface area is 165 Å². The van der Waals surface area contributed by atoms with Crippen LogP contribution in [0.1, 0.15) is 34.5 Å². The summed E-state index contributed by atoms with van der Waals surface area (Å²) in [6, 6.07) is 18.2. The molecule has 3 nitrogen and oxygen atoms in total. The highest BCUT2D eigenvalue weighted by atomic mass is 35.5. The number of nitrogens with zero attached hydrogens (tertiary/aromatic N) is 2. The maximum absolute atomic E-state index is 13.1. The van der Waals surface area contributed by atoms with Gasteiger partial charge < -0.3 is 9.47 Å². The van der Waals surface area contributed by atoms with E-state index in [2.05, 4.69) is 35.8 Å². The summed E-state index contributed by atoms with van der Waals surface area (Å²) < 4.78 is 2.18. The van der Waals surface area contributed by atoms with E-state index in [9.17, 15) is 4.79 Å². The van der Waals surface area contributed by atoms with Gasteiger partial charge in [-0.3, -0.25) is 4.79 Å². The topological polar surface area (TPSA) is 25.2 Å². The molecule has 4 rings (SSSR count). The molecule has 0 saturated carbocycles. The molecule has 0 N–H and O–H groups in total. The first-order valence-corrected chi connectivity index (χ1v) is 9.77. The van der Waals surface area contributed by atoms with E-state index in [1.807, 2.05) is 42.2 Å². The van der Waals surface area contributed by atoms with E-state index in [-0.39, 0.29) is 5.91 Å². The molecule has 0 atom stereocenters. The molecule has 2 heterocycles. The molecule has 0 bridgehead atoms. The van der Waals surface area contributed by atoms with Crippen molar-refractivity contribution in [3.63, 3.8) is 0 Å². The van der Waals surface area contributed by atoms with Crippen molar-refractivity contribution in [2.75, 3.05) is 13.1 Å². The summed E-state index contributed by atoms with van der Waals surface area (Å²) in [5.74, 6) is 0.131. The van der Waals surface area contributed by atoms with Gasteiger partial charge in [-0.15, -0.1) is 0 Å². The minimum atomic E-state index is 0.131. The Balaban J connectivity index is 1.89. The van der Waals surface area contributed by atoms with E-state index in [0.717, 1.165) is 54.1 Å². The summed E-state index contributed by atoms with van der Waals surface area (Å²) in [6.45, 7) is 5.82. The third-order valence-electron chi connectivity index (χ3n) is 5.27. The zero-order valence-corrected chi connectivity index (χ0v) is 16.5. The molecular weight excluding hydrogens is 356 g/mol. The maximum Gasteiger partial charge on any atom is 0.255 e. The van der Waals surface area contributed by atoms with Crippen LogP contribution < -0.4 is 0 Å². The molecule has 0 spiro atoms. The van der Waals surface area contributed by atoms with Crippen LogP contribution in [0.5, 0.6) is 0 Å². The summed E-state index contributed by atoms with van der Waals surface area (Å²) in [4.78, 5) is 15.1. The normalized spacial score (nSPS) is 14.0. The first kappa shape index (κ1) is 17.9. The lowest BCUT2D eigenvalue weighted by atomic mass is 10.1. The summed E-state index contributed by atoms with van der Waals surface area (Å²) in [6.07, 6.45) is 2.18. The Bertz CT molecular complexity index is 982. The molecule has 0 unspecified atom stereocenters. The van der Waals surface area contributed by atoms with Gasteiger partial charge in [0, 0.05) is 29.5 Å². The second-order valence-electron chi connectivity index (χ2n) is 7.21. The SMILES string of the molecule is Cc1cccc(-n2c(-c3ccc(Cl)cc3)cc(C(=O)N3CCCC3)c2C)c1. The number of hydrogen-bond acceptors (Lipinski definition) is 1. The fourth-order valence-electron chi connectivity index (χ4n) is 3.85. The van der Waals surface area contributed by atoms with Crippen LogP contribution in [0.25, 0.3) is 16.9 Å². The van der Waals surface area contributed by atoms with Crippen LogP contribution in [0.2, 0.25) is 5.02 Å². The quantitative estimate of drug-likeness (QED) is 0.578. The fraction of sp³-hybridized carbons (Fsp3) is 0.261. The highest BCUT2D eigenvalue weighted by Gasteiger charge is 2.25. The summed E-state index contributed by atoms with van der Waals surface area (Å²) in [5.41, 5.74) is 6.07. The number of rotatable bonds is 3. The van der Waals surface area contributed by atoms with E-state index in [4.69, 9.17) is 11.6 Å². The smallest absolute Gasteiger partial charge is 0.255 e. The molecule has 3 aromatic rings. The van der Waals surface area contributed by atoms with E-state index in [0.29, 0.717) is 5.02 Å². The van der Waals surface area contributed by atoms with Crippen LogP contribution in [0, 0.1) is 13.8 Å². The second kappa shape index (κ2) is 7.24. The summed E-state index contributed by atoms with van der Waals surface area (Å²) >= 11 is 6.08. The van der Waals surface area contributed by atoms with Gasteiger partial charge in [-0.1, -0.05) is 35.9 Å². The predicted octanol–water partition coefficient (Wildman–Crippen LogP) is 5.65. The summed E-state index contributed by atoms with van der Waals surface area (Å²) in [7, 11) is 0. The molecule has 1 amide bonds. The monoisotopic (exact) mass is 378 g/mol. The number of hydrogen-bond donors (Lipinski definition) is 0. The van der Waals surface area contributed by atoms with Crippen LogP contribution in [0.15, 0.2) is 54.6 Å². The van der Waals surface area contributed by atoms with Gasteiger partial charge in [-0.25, -0.2) is 0 Å². The van der Waals surface area contributed by atoms with Crippen LogP contribution in [0.3, 0.4) is 0 Å². The van der Waals surface area contributed by atoms with Gasteiger partial charge in [-0.05, 0) is 68.1 Å². The zero-order chi connectivity index (χ0) is 19.0. The van der Waals surface area contributed by atoms with Crippen LogP contribution >= 0.6 is 11.6 Å². The molecule has 1 aromatic heterocycles. The van der Waals surface area contributed by atoms with E-state index >= 15 is 0 Å². The standard InChI is InChI=1S/C23H23ClN2O/c1-16-6-5-7-20(14-16)26-17(2)21(23(27)25-12-3-4-13-25)15-22(26)18-8-10-19(24)11-9-18/h5-11,14-15H,3-4,12-13H2,1-2H3. The molecule has 27 heavy (non-hydrogen) atoms. The molecular formula is C23H23ClN2O. The Morgan fingerprint density at radius 1 is 0.963 bits per heavy atom. The number of halogens is 1. The van der Waals surface area contributed by atoms with Gasteiger partial charge in [0.1, 0.15) is 0 Å². The molecule has 1 saturated heterocycles. The van der Waals surface area contributed by atoms with Crippen molar-refractivity contribution in [3.05, 3.63) is 76.4 Å². The van der Waals surface area contributed by atoms with Gasteiger partial charge in [0.25, 0.3) is 5.91 Å². The van der Waals surface area contributed by atoms with E-state index < -0.39 is 0 Å². The maximum atomic E-state index is 13.1. The Kier molecular flexibility index (Phi) is 4.79. The first-order valence-electron chi connectivity index (χ1n) is 9.39. The summed E-state index contributed by atoms with van der Waals surface area (Å²) in [5, 5.41) is 0.706. The Morgan fingerprint density at radius 2 is 1.67 bits per heavy atom. The van der Waals surface area contributed by atoms with E-state index in [1.54, 1.807) is 0 Å². The van der Waals surface area contributed by atoms with Gasteiger partial charge in [0.2, 0.25) is 0 Å². The zero-order valence-electron chi connectivity index (χ0n) is 15.7. The average molecular weight is 379 g/mol. The van der Waals surface area contributed by atoms with Crippen LogP contribution in [-0.2, 0) is 0 Å². The number of aryl methyl sites for hydroxylation is 1. The van der Waals surface area contributed by atoms with Crippen LogP contribution in [0.4, 0.5) is 0 Å². The average Bonchev–Trinajstić information content (AvgIpc) is 3.30. The van der Waals surface area contributed by atoms with Crippen molar-refractivity contribution in [1.82, 2.24) is 9.47 Å². The third kappa shape index (κ3) is 3.40. The van der Waals surface area contributed by atoms with Crippen molar-refractivity contribution in [2.24, 2.45) is 0 Å². The molecule has 138 valence electrons. The van der Waals surface area contributed by atoms with Crippen molar-refractivity contribution >= 4 is 17.5 Å². The minimum absolute atomic E-state index is 0.131. The number of amides is 1. The highest BCUT2D eigenvalue weighted by molar-refractivity contribution is 6.30. The fourth-order valence-corrected chi connectivity index (χ4v) is 3.97. The van der Waals surface area contributed by atoms with Crippen molar-refractivity contribution in [3.8, 4) is 16.9 Å². The Morgan fingerprint density at radius 3 is 2.33 bits per heavy atom. The Hall–Kier alpha value is -2.52. The number of carbonyl (C=O) groups is 1. The predicted molar refractivity (Wildman–Crippen MR) is 111 cm³/mol. The molecule has 1 fully saturated rings. The van der Waals surface area contributed by atoms with Crippen molar-refractivity contribution in [2.45, 2.75) is 26.7 Å². The van der Waals surface area contributed by atoms with Gasteiger partial charge in [0.05, 0.1) is 11.3 Å². The lowest BCUT2D eigenvalue weighted by Gasteiger charge is -2.16. The number of benzene rings is 2. The highest BCUT2D eigenvalue weighted by Crippen LogP contribution is 2.31. The van der Waals surface area contributed by atoms with Gasteiger partial charge in [-0.2, -0.15) is 0 Å². The number of likely N-dealkylation sites (tertiary alicyclic amines) is 1. The molecule has 2 aromatic carbocycles. The second-order valence-corrected chi connectivity index (χ2v) is 7.65. The van der Waals surface area contributed by atoms with Crippen molar-refractivity contribution in [1.29, 1.82) is 0 Å². The molecule has 0 aliphatic carbocycles. The van der Waals surface area contributed by atoms with Gasteiger partial charge >= 0.3 is 0 Å². The third-order valence-corrected chi connectivity index (χ3v) is 5.52. The lowest BCUT2D eigenvalue weighted by Crippen LogP contribution is -2.27. The lowest BCUT2D eigenvalue weighted by molar-refractivity contribution is 0.0792.